The number of likely N-dealkylation sites (N-methyl/N-ethyl adjacent to an activating group) is 1. The summed E-state index contributed by atoms with van der Waals surface area (Å²) in [5, 5.41) is 5.92. The summed E-state index contributed by atoms with van der Waals surface area (Å²) < 4.78 is 11.0. The molecule has 2 aromatic carbocycles. The first-order valence-corrected chi connectivity index (χ1v) is 12.2. The Labute approximate surface area is 220 Å². The predicted molar refractivity (Wildman–Crippen MR) is 146 cm³/mol. The summed E-state index contributed by atoms with van der Waals surface area (Å²) in [5.74, 6) is 0.985. The molecule has 2 amide bonds. The number of anilines is 6. The van der Waals surface area contributed by atoms with Crippen LogP contribution in [-0.4, -0.2) is 67.2 Å². The molecule has 11 heteroatoms. The van der Waals surface area contributed by atoms with Crippen LogP contribution in [0.5, 0.6) is 5.75 Å². The van der Waals surface area contributed by atoms with Crippen LogP contribution in [0.2, 0.25) is 0 Å². The summed E-state index contributed by atoms with van der Waals surface area (Å²) >= 11 is 0. The van der Waals surface area contributed by atoms with E-state index in [0.717, 1.165) is 31.9 Å². The van der Waals surface area contributed by atoms with Gasteiger partial charge in [-0.05, 0) is 43.5 Å². The Morgan fingerprint density at radius 2 is 1.95 bits per heavy atom. The fourth-order valence-electron chi connectivity index (χ4n) is 4.35. The third kappa shape index (κ3) is 5.23. The molecule has 0 spiro atoms. The number of nitrogens with zero attached hydrogens (tertiary/aromatic N) is 5. The molecule has 3 aromatic rings. The van der Waals surface area contributed by atoms with Crippen LogP contribution < -0.4 is 25.2 Å². The molecular weight excluding hydrogens is 486 g/mol. The van der Waals surface area contributed by atoms with Gasteiger partial charge < -0.3 is 29.9 Å². The van der Waals surface area contributed by atoms with Gasteiger partial charge in [0.15, 0.2) is 5.82 Å². The summed E-state index contributed by atoms with van der Waals surface area (Å²) in [6.45, 7) is 7.44. The maximum atomic E-state index is 12.8. The maximum Gasteiger partial charge on any atom is 0.420 e. The molecule has 1 saturated heterocycles. The smallest absolute Gasteiger partial charge is 0.420 e. The van der Waals surface area contributed by atoms with Gasteiger partial charge in [-0.3, -0.25) is 4.79 Å². The molecule has 0 radical (unpaired) electrons. The van der Waals surface area contributed by atoms with E-state index in [4.69, 9.17) is 9.47 Å². The average molecular weight is 516 g/mol. The fraction of sp³-hybridized carbons (Fsp3) is 0.259. The largest absolute Gasteiger partial charge is 0.494 e. The molecule has 11 nitrogen and oxygen atoms in total. The Hall–Kier alpha value is -4.64. The first kappa shape index (κ1) is 25.0. The molecule has 2 aliphatic rings. The Balaban J connectivity index is 1.42. The molecular formula is C27H29N7O4. The van der Waals surface area contributed by atoms with Gasteiger partial charge in [0.1, 0.15) is 12.4 Å². The summed E-state index contributed by atoms with van der Waals surface area (Å²) in [5.41, 5.74) is 3.42. The first-order valence-electron chi connectivity index (χ1n) is 12.2. The van der Waals surface area contributed by atoms with Crippen molar-refractivity contribution in [3.05, 3.63) is 66.9 Å². The monoisotopic (exact) mass is 515 g/mol. The number of methoxy groups -OCH3 is 1. The van der Waals surface area contributed by atoms with E-state index >= 15 is 0 Å². The van der Waals surface area contributed by atoms with E-state index in [1.54, 1.807) is 37.6 Å². The molecule has 2 N–H and O–H groups in total. The summed E-state index contributed by atoms with van der Waals surface area (Å²) in [4.78, 5) is 39.6. The number of fused-ring (bicyclic) bond motifs is 1. The van der Waals surface area contributed by atoms with E-state index in [2.05, 4.69) is 44.0 Å². The van der Waals surface area contributed by atoms with Crippen LogP contribution >= 0.6 is 0 Å². The first-order chi connectivity index (χ1) is 18.4. The zero-order valence-electron chi connectivity index (χ0n) is 21.3. The molecule has 1 fully saturated rings. The number of amides is 2. The molecule has 1 aromatic heterocycles. The second-order valence-electron chi connectivity index (χ2n) is 8.98. The highest BCUT2D eigenvalue weighted by Crippen LogP contribution is 2.36. The number of ether oxygens (including phenoxy) is 2. The quantitative estimate of drug-likeness (QED) is 0.453. The van der Waals surface area contributed by atoms with E-state index in [-0.39, 0.29) is 12.5 Å². The highest BCUT2D eigenvalue weighted by molar-refractivity contribution is 6.01. The number of hydrogen-bond acceptors (Lipinski definition) is 9. The van der Waals surface area contributed by atoms with Crippen LogP contribution in [0.15, 0.2) is 61.3 Å². The lowest BCUT2D eigenvalue weighted by molar-refractivity contribution is -0.111. The molecule has 0 bridgehead atoms. The standard InChI is InChI=1S/C27H29N7O4/c1-4-24(35)29-19-6-5-7-21(14-19)34-25-18(17-38-27(34)36)16-28-26(31-25)30-22-9-8-20(15-23(22)37-3)33-12-10-32(2)11-13-33/h4-9,14-16H,1,10-13,17H2,2-3H3,(H,29,35)(H,28,30,31). The van der Waals surface area contributed by atoms with Crippen molar-refractivity contribution in [2.24, 2.45) is 0 Å². The van der Waals surface area contributed by atoms with E-state index < -0.39 is 6.09 Å². The van der Waals surface area contributed by atoms with Crippen molar-refractivity contribution in [3.8, 4) is 5.75 Å². The zero-order chi connectivity index (χ0) is 26.6. The topological polar surface area (TPSA) is 112 Å². The number of nitrogens with one attached hydrogen (secondary N) is 2. The van der Waals surface area contributed by atoms with Gasteiger partial charge in [0.25, 0.3) is 0 Å². The molecule has 0 unspecified atom stereocenters. The van der Waals surface area contributed by atoms with Crippen molar-refractivity contribution >= 4 is 46.5 Å². The second kappa shape index (κ2) is 10.8. The van der Waals surface area contributed by atoms with Crippen LogP contribution in [0, 0.1) is 0 Å². The third-order valence-corrected chi connectivity index (χ3v) is 6.44. The van der Waals surface area contributed by atoms with Crippen LogP contribution in [0.4, 0.5) is 39.3 Å². The number of aromatic nitrogens is 2. The highest BCUT2D eigenvalue weighted by atomic mass is 16.6. The lowest BCUT2D eigenvalue weighted by atomic mass is 10.2. The number of cyclic esters (lactones) is 1. The molecule has 2 aliphatic heterocycles. The molecule has 38 heavy (non-hydrogen) atoms. The molecule has 5 rings (SSSR count). The van der Waals surface area contributed by atoms with Crippen LogP contribution in [0.3, 0.4) is 0 Å². The molecule has 0 saturated carbocycles. The van der Waals surface area contributed by atoms with E-state index in [1.807, 2.05) is 18.2 Å². The zero-order valence-corrected chi connectivity index (χ0v) is 21.3. The van der Waals surface area contributed by atoms with Crippen molar-refractivity contribution in [1.29, 1.82) is 0 Å². The minimum Gasteiger partial charge on any atom is -0.494 e. The lowest BCUT2D eigenvalue weighted by Gasteiger charge is -2.34. The molecule has 3 heterocycles. The van der Waals surface area contributed by atoms with Crippen molar-refractivity contribution < 1.29 is 19.1 Å². The molecule has 0 aliphatic carbocycles. The SMILES string of the molecule is C=CC(=O)Nc1cccc(N2C(=O)OCc3cnc(Nc4ccc(N5CCN(C)CC5)cc4OC)nc32)c1. The number of hydrogen-bond donors (Lipinski definition) is 2. The van der Waals surface area contributed by atoms with E-state index in [1.165, 1.54) is 11.0 Å². The van der Waals surface area contributed by atoms with Gasteiger partial charge in [-0.15, -0.1) is 0 Å². The summed E-state index contributed by atoms with van der Waals surface area (Å²) in [7, 11) is 3.75. The summed E-state index contributed by atoms with van der Waals surface area (Å²) in [6, 6.07) is 12.8. The fourth-order valence-corrected chi connectivity index (χ4v) is 4.35. The van der Waals surface area contributed by atoms with Gasteiger partial charge in [0.2, 0.25) is 11.9 Å². The van der Waals surface area contributed by atoms with Crippen LogP contribution in [0.25, 0.3) is 0 Å². The van der Waals surface area contributed by atoms with Gasteiger partial charge in [0.05, 0.1) is 24.0 Å². The van der Waals surface area contributed by atoms with Gasteiger partial charge in [-0.1, -0.05) is 12.6 Å². The number of benzene rings is 2. The Bertz CT molecular complexity index is 1370. The third-order valence-electron chi connectivity index (χ3n) is 6.44. The second-order valence-corrected chi connectivity index (χ2v) is 8.98. The van der Waals surface area contributed by atoms with Crippen molar-refractivity contribution in [1.82, 2.24) is 14.9 Å². The van der Waals surface area contributed by atoms with Gasteiger partial charge in [0, 0.05) is 49.8 Å². The van der Waals surface area contributed by atoms with E-state index in [9.17, 15) is 9.59 Å². The van der Waals surface area contributed by atoms with Crippen LogP contribution in [0.1, 0.15) is 5.56 Å². The molecule has 196 valence electrons. The van der Waals surface area contributed by atoms with E-state index in [0.29, 0.717) is 40.1 Å². The lowest BCUT2D eigenvalue weighted by Crippen LogP contribution is -2.44. The minimum absolute atomic E-state index is 0.0564. The van der Waals surface area contributed by atoms with Crippen LogP contribution in [-0.2, 0) is 16.1 Å². The summed E-state index contributed by atoms with van der Waals surface area (Å²) in [6.07, 6.45) is 2.22. The number of carbonyl (C=O) groups is 2. The van der Waals surface area contributed by atoms with Crippen molar-refractivity contribution in [2.45, 2.75) is 6.61 Å². The Morgan fingerprint density at radius 1 is 1.13 bits per heavy atom. The van der Waals surface area contributed by atoms with Crippen molar-refractivity contribution in [2.75, 3.05) is 60.8 Å². The Kier molecular flexibility index (Phi) is 7.09. The number of piperazine rings is 1. The number of rotatable bonds is 7. The van der Waals surface area contributed by atoms with Gasteiger partial charge in [-0.2, -0.15) is 4.98 Å². The normalized spacial score (nSPS) is 15.4. The average Bonchev–Trinajstić information content (AvgIpc) is 2.93. The highest BCUT2D eigenvalue weighted by Gasteiger charge is 2.30. The maximum absolute atomic E-state index is 12.8. The van der Waals surface area contributed by atoms with Crippen molar-refractivity contribution in [3.63, 3.8) is 0 Å². The Morgan fingerprint density at radius 3 is 2.71 bits per heavy atom. The van der Waals surface area contributed by atoms with Gasteiger partial charge >= 0.3 is 6.09 Å². The molecule has 0 atom stereocenters. The minimum atomic E-state index is -0.580. The number of carbonyl (C=O) groups excluding carboxylic acids is 2. The van der Waals surface area contributed by atoms with Gasteiger partial charge in [-0.25, -0.2) is 14.7 Å². The predicted octanol–water partition coefficient (Wildman–Crippen LogP) is 3.89.